The van der Waals surface area contributed by atoms with Crippen molar-refractivity contribution < 1.29 is 14.4 Å². The summed E-state index contributed by atoms with van der Waals surface area (Å²) >= 11 is 0. The van der Waals surface area contributed by atoms with Crippen LogP contribution in [-0.4, -0.2) is 31.7 Å². The maximum Gasteiger partial charge on any atom is 0.251 e. The molecule has 2 amide bonds. The second-order valence-electron chi connectivity index (χ2n) is 9.54. The predicted octanol–water partition coefficient (Wildman–Crippen LogP) is 4.90. The number of hydrogen-bond acceptors (Lipinski definition) is 3. The molecule has 0 saturated heterocycles. The Morgan fingerprint density at radius 1 is 0.758 bits per heavy atom. The van der Waals surface area contributed by atoms with Crippen LogP contribution in [0.4, 0.5) is 0 Å². The Labute approximate surface area is 196 Å². The fourth-order valence-electron chi connectivity index (χ4n) is 4.01. The van der Waals surface area contributed by atoms with Gasteiger partial charge in [-0.15, -0.1) is 0 Å². The zero-order valence-corrected chi connectivity index (χ0v) is 20.0. The third kappa shape index (κ3) is 5.86. The van der Waals surface area contributed by atoms with E-state index in [4.69, 9.17) is 0 Å². The second kappa shape index (κ2) is 9.99. The van der Waals surface area contributed by atoms with E-state index in [-0.39, 0.29) is 23.0 Å². The summed E-state index contributed by atoms with van der Waals surface area (Å²) in [5, 5.41) is 5.23. The summed E-state index contributed by atoms with van der Waals surface area (Å²) in [4.78, 5) is 37.0. The summed E-state index contributed by atoms with van der Waals surface area (Å²) in [6.07, 6.45) is 5.31. The largest absolute Gasteiger partial charge is 0.355 e. The number of rotatable bonds is 4. The summed E-state index contributed by atoms with van der Waals surface area (Å²) in [6, 6.07) is 14.5. The van der Waals surface area contributed by atoms with Gasteiger partial charge in [-0.1, -0.05) is 45.0 Å². The molecule has 0 aliphatic heterocycles. The molecule has 0 heterocycles. The molecule has 1 unspecified atom stereocenters. The molecule has 172 valence electrons. The molecule has 0 bridgehead atoms. The number of carbonyl (C=O) groups is 3. The van der Waals surface area contributed by atoms with Crippen molar-refractivity contribution in [3.8, 4) is 0 Å². The van der Waals surface area contributed by atoms with E-state index in [2.05, 4.69) is 31.4 Å². The Bertz CT molecular complexity index is 1020. The number of Topliss-reactive ketones (excluding diaryl/α,β-unsaturated/α-hetero) is 1. The Hall–Kier alpha value is -3.47. The zero-order chi connectivity index (χ0) is 24.2. The van der Waals surface area contributed by atoms with Crippen LogP contribution in [0, 0.1) is 11.3 Å². The van der Waals surface area contributed by atoms with Crippen LogP contribution in [0.5, 0.6) is 0 Å². The van der Waals surface area contributed by atoms with Crippen molar-refractivity contribution in [2.75, 3.05) is 14.1 Å². The number of allylic oxidation sites excluding steroid dienone is 2. The third-order valence-corrected chi connectivity index (χ3v) is 6.22. The highest BCUT2D eigenvalue weighted by molar-refractivity contribution is 6.14. The molecular formula is C28H32N2O3. The van der Waals surface area contributed by atoms with Gasteiger partial charge in [0.2, 0.25) is 0 Å². The first-order valence-corrected chi connectivity index (χ1v) is 11.2. The Morgan fingerprint density at radius 2 is 1.12 bits per heavy atom. The summed E-state index contributed by atoms with van der Waals surface area (Å²) in [5.74, 6) is 0.107. The molecule has 1 aliphatic rings. The lowest BCUT2D eigenvalue weighted by molar-refractivity contribution is -0.113. The van der Waals surface area contributed by atoms with E-state index in [0.29, 0.717) is 29.9 Å². The average Bonchev–Trinajstić information content (AvgIpc) is 2.80. The maximum atomic E-state index is 13.4. The maximum absolute atomic E-state index is 13.4. The molecule has 2 aromatic rings. The van der Waals surface area contributed by atoms with E-state index in [1.165, 1.54) is 0 Å². The standard InChI is InChI=1S/C28H32N2O3/c1-28(2,3)24-16-22(14-18-6-10-20(11-7-18)26(32)29-4)25(31)23(17-24)15-19-8-12-21(13-9-19)27(33)30-5/h6-15,24H,16-17H2,1-5H3,(H,29,32)(H,30,33)/b22-14-,23-15+. The van der Waals surface area contributed by atoms with Crippen molar-refractivity contribution >= 4 is 29.7 Å². The molecule has 2 aromatic carbocycles. The molecule has 1 atom stereocenters. The van der Waals surface area contributed by atoms with Gasteiger partial charge in [-0.25, -0.2) is 0 Å². The first-order valence-electron chi connectivity index (χ1n) is 11.2. The molecular weight excluding hydrogens is 412 g/mol. The Kier molecular flexibility index (Phi) is 7.32. The number of amides is 2. The summed E-state index contributed by atoms with van der Waals surface area (Å²) < 4.78 is 0. The molecule has 0 radical (unpaired) electrons. The van der Waals surface area contributed by atoms with Crippen LogP contribution in [0.1, 0.15) is 65.5 Å². The van der Waals surface area contributed by atoms with Crippen LogP contribution in [-0.2, 0) is 4.79 Å². The van der Waals surface area contributed by atoms with Gasteiger partial charge in [0.25, 0.3) is 11.8 Å². The number of carbonyl (C=O) groups excluding carboxylic acids is 3. The van der Waals surface area contributed by atoms with E-state index in [1.54, 1.807) is 38.4 Å². The summed E-state index contributed by atoms with van der Waals surface area (Å²) in [5.41, 5.74) is 4.57. The van der Waals surface area contributed by atoms with E-state index >= 15 is 0 Å². The van der Waals surface area contributed by atoms with Crippen LogP contribution in [0.15, 0.2) is 59.7 Å². The van der Waals surface area contributed by atoms with E-state index in [1.807, 2.05) is 36.4 Å². The van der Waals surface area contributed by atoms with Crippen LogP contribution >= 0.6 is 0 Å². The predicted molar refractivity (Wildman–Crippen MR) is 133 cm³/mol. The quantitative estimate of drug-likeness (QED) is 0.659. The minimum absolute atomic E-state index is 0.0467. The lowest BCUT2D eigenvalue weighted by Crippen LogP contribution is -2.29. The molecule has 0 spiro atoms. The fourth-order valence-corrected chi connectivity index (χ4v) is 4.01. The van der Waals surface area contributed by atoms with Crippen molar-refractivity contribution in [2.45, 2.75) is 33.6 Å². The highest BCUT2D eigenvalue weighted by atomic mass is 16.2. The van der Waals surface area contributed by atoms with Crippen LogP contribution in [0.25, 0.3) is 12.2 Å². The Morgan fingerprint density at radius 3 is 1.42 bits per heavy atom. The number of nitrogens with one attached hydrogen (secondary N) is 2. The zero-order valence-electron chi connectivity index (χ0n) is 20.0. The van der Waals surface area contributed by atoms with Crippen molar-refractivity contribution in [1.29, 1.82) is 0 Å². The van der Waals surface area contributed by atoms with Crippen molar-refractivity contribution in [3.05, 3.63) is 81.9 Å². The minimum Gasteiger partial charge on any atom is -0.355 e. The monoisotopic (exact) mass is 444 g/mol. The molecule has 1 fully saturated rings. The van der Waals surface area contributed by atoms with E-state index < -0.39 is 0 Å². The lowest BCUT2D eigenvalue weighted by atomic mass is 9.68. The molecule has 3 rings (SSSR count). The van der Waals surface area contributed by atoms with E-state index in [9.17, 15) is 14.4 Å². The van der Waals surface area contributed by atoms with E-state index in [0.717, 1.165) is 22.3 Å². The minimum atomic E-state index is -0.136. The van der Waals surface area contributed by atoms with Crippen LogP contribution in [0.2, 0.25) is 0 Å². The smallest absolute Gasteiger partial charge is 0.251 e. The fraction of sp³-hybridized carbons (Fsp3) is 0.321. The third-order valence-electron chi connectivity index (χ3n) is 6.22. The first-order chi connectivity index (χ1) is 15.6. The van der Waals surface area contributed by atoms with Gasteiger partial charge < -0.3 is 10.6 Å². The van der Waals surface area contributed by atoms with Gasteiger partial charge in [-0.2, -0.15) is 0 Å². The van der Waals surface area contributed by atoms with Crippen molar-refractivity contribution in [3.63, 3.8) is 0 Å². The SMILES string of the molecule is CNC(=O)c1ccc(/C=C2/CC(C(C)(C)C)C/C(=C\c3ccc(C(=O)NC)cc3)C2=O)cc1. The van der Waals surface area contributed by atoms with Crippen LogP contribution < -0.4 is 10.6 Å². The average molecular weight is 445 g/mol. The van der Waals surface area contributed by atoms with Gasteiger partial charge in [-0.3, -0.25) is 14.4 Å². The van der Waals surface area contributed by atoms with Gasteiger partial charge in [-0.05, 0) is 71.7 Å². The normalized spacial score (nSPS) is 18.9. The number of hydrogen-bond donors (Lipinski definition) is 2. The number of ketones is 1. The summed E-state index contributed by atoms with van der Waals surface area (Å²) in [7, 11) is 3.21. The highest BCUT2D eigenvalue weighted by Gasteiger charge is 2.34. The van der Waals surface area contributed by atoms with Crippen molar-refractivity contribution in [2.24, 2.45) is 11.3 Å². The number of benzene rings is 2. The Balaban J connectivity index is 1.94. The van der Waals surface area contributed by atoms with Crippen molar-refractivity contribution in [1.82, 2.24) is 10.6 Å². The topological polar surface area (TPSA) is 75.3 Å². The lowest BCUT2D eigenvalue weighted by Gasteiger charge is -2.35. The van der Waals surface area contributed by atoms with Gasteiger partial charge in [0, 0.05) is 36.4 Å². The van der Waals surface area contributed by atoms with Gasteiger partial charge >= 0.3 is 0 Å². The van der Waals surface area contributed by atoms with Crippen LogP contribution in [0.3, 0.4) is 0 Å². The van der Waals surface area contributed by atoms with Gasteiger partial charge in [0.1, 0.15) is 0 Å². The van der Waals surface area contributed by atoms with Gasteiger partial charge in [0.05, 0.1) is 0 Å². The molecule has 5 heteroatoms. The molecule has 2 N–H and O–H groups in total. The highest BCUT2D eigenvalue weighted by Crippen LogP contribution is 2.42. The first kappa shape index (κ1) is 24.2. The molecule has 0 aromatic heterocycles. The molecule has 33 heavy (non-hydrogen) atoms. The molecule has 1 aliphatic carbocycles. The van der Waals surface area contributed by atoms with Gasteiger partial charge in [0.15, 0.2) is 5.78 Å². The molecule has 5 nitrogen and oxygen atoms in total. The summed E-state index contributed by atoms with van der Waals surface area (Å²) in [6.45, 7) is 6.62. The second-order valence-corrected chi connectivity index (χ2v) is 9.54. The molecule has 1 saturated carbocycles.